The minimum atomic E-state index is -0.609. The normalized spacial score (nSPS) is 14.4. The fourth-order valence-corrected chi connectivity index (χ4v) is 14.4. The summed E-state index contributed by atoms with van der Waals surface area (Å²) in [6, 6.07) is 91.7. The van der Waals surface area contributed by atoms with Crippen LogP contribution in [0.15, 0.2) is 263 Å². The highest BCUT2D eigenvalue weighted by Crippen LogP contribution is 2.66. The van der Waals surface area contributed by atoms with Crippen molar-refractivity contribution in [1.82, 2.24) is 0 Å². The smallest absolute Gasteiger partial charge is 0.135 e. The van der Waals surface area contributed by atoms with E-state index in [2.05, 4.69) is 241 Å². The first-order chi connectivity index (χ1) is 35.7. The third kappa shape index (κ3) is 5.21. The monoisotopic (exact) mass is 935 g/mol. The summed E-state index contributed by atoms with van der Waals surface area (Å²) in [5.74, 6) is 1.77. The SMILES string of the molecule is c1ccc2c(c1)Oc1ccccc1C21c2ccccc2-c2c(N(c3ccc(-c4ccc5oc6ccccc6c5c4)cc3)c3ccc4c(c3)-c3ccccc3C43c4ccccc4Sc4ccccc43)cccc21. The molecule has 0 bridgehead atoms. The standard InChI is InChI=1S/C68H41NO2S/c1-4-19-51-46(16-1)49-41-45(37-38-53(49)67(51)56-23-8-13-30-64(56)72-65-31-14-9-24-57(65)67)69(44-35-32-42(33-36-44)43-34-39-61-50(40-43)47-17-3-10-27-60(47)70-61)59-26-15-25-58-66(59)48-18-2-5-20-52(48)68(58)54-21-6-11-28-62(54)71-63-29-12-7-22-55(63)68/h1-41H. The van der Waals surface area contributed by atoms with Gasteiger partial charge in [-0.3, -0.25) is 0 Å². The summed E-state index contributed by atoms with van der Waals surface area (Å²) < 4.78 is 13.0. The Hall–Kier alpha value is -8.83. The molecule has 1 aromatic heterocycles. The summed E-state index contributed by atoms with van der Waals surface area (Å²) >= 11 is 1.88. The Bertz CT molecular complexity index is 4170. The van der Waals surface area contributed by atoms with Gasteiger partial charge in [0, 0.05) is 48.6 Å². The maximum absolute atomic E-state index is 6.74. The molecule has 0 unspecified atom stereocenters. The summed E-state index contributed by atoms with van der Waals surface area (Å²) in [6.45, 7) is 0. The number of furan rings is 1. The van der Waals surface area contributed by atoms with Gasteiger partial charge >= 0.3 is 0 Å². The molecule has 2 aliphatic heterocycles. The Morgan fingerprint density at radius 2 is 0.861 bits per heavy atom. The number of hydrogen-bond acceptors (Lipinski definition) is 4. The van der Waals surface area contributed by atoms with Crippen molar-refractivity contribution in [3.05, 3.63) is 293 Å². The zero-order valence-corrected chi connectivity index (χ0v) is 39.7. The van der Waals surface area contributed by atoms with Crippen LogP contribution in [-0.4, -0.2) is 0 Å². The van der Waals surface area contributed by atoms with Crippen LogP contribution < -0.4 is 9.64 Å². The highest BCUT2D eigenvalue weighted by atomic mass is 32.2. The van der Waals surface area contributed by atoms with Gasteiger partial charge in [-0.1, -0.05) is 188 Å². The number of hydrogen-bond donors (Lipinski definition) is 0. The third-order valence-corrected chi connectivity index (χ3v) is 17.2. The van der Waals surface area contributed by atoms with Gasteiger partial charge in [-0.25, -0.2) is 0 Å². The van der Waals surface area contributed by atoms with E-state index in [1.54, 1.807) is 0 Å². The quantitative estimate of drug-likeness (QED) is 0.176. The van der Waals surface area contributed by atoms with Crippen molar-refractivity contribution in [2.45, 2.75) is 20.6 Å². The highest BCUT2D eigenvalue weighted by Gasteiger charge is 2.53. The molecule has 2 aliphatic carbocycles. The molecule has 0 fully saturated rings. The number of benzene rings is 11. The molecule has 0 atom stereocenters. The maximum Gasteiger partial charge on any atom is 0.135 e. The van der Waals surface area contributed by atoms with Crippen LogP contribution in [0.3, 0.4) is 0 Å². The van der Waals surface area contributed by atoms with Crippen molar-refractivity contribution in [2.24, 2.45) is 0 Å². The summed E-state index contributed by atoms with van der Waals surface area (Å²) in [4.78, 5) is 5.11. The van der Waals surface area contributed by atoms with Gasteiger partial charge in [0.05, 0.1) is 16.5 Å². The molecule has 16 rings (SSSR count). The summed E-state index contributed by atoms with van der Waals surface area (Å²) in [5, 5.41) is 2.25. The van der Waals surface area contributed by atoms with E-state index in [9.17, 15) is 0 Å². The van der Waals surface area contributed by atoms with E-state index in [-0.39, 0.29) is 0 Å². The van der Waals surface area contributed by atoms with Crippen molar-refractivity contribution >= 4 is 50.8 Å². The maximum atomic E-state index is 6.74. The molecular formula is C68H41NO2S. The molecule has 0 N–H and O–H groups in total. The van der Waals surface area contributed by atoms with Crippen molar-refractivity contribution in [1.29, 1.82) is 0 Å². The lowest BCUT2D eigenvalue weighted by molar-refractivity contribution is 0.436. The molecule has 12 aromatic rings. The Kier molecular flexibility index (Phi) is 8.24. The second-order valence-corrected chi connectivity index (χ2v) is 20.5. The van der Waals surface area contributed by atoms with Gasteiger partial charge in [0.15, 0.2) is 0 Å². The second-order valence-electron chi connectivity index (χ2n) is 19.4. The van der Waals surface area contributed by atoms with Crippen molar-refractivity contribution in [3.63, 3.8) is 0 Å². The van der Waals surface area contributed by atoms with Gasteiger partial charge in [-0.15, -0.1) is 0 Å². The van der Waals surface area contributed by atoms with Crippen LogP contribution in [0.1, 0.15) is 44.5 Å². The first-order valence-electron chi connectivity index (χ1n) is 24.7. The van der Waals surface area contributed by atoms with Gasteiger partial charge in [-0.05, 0) is 134 Å². The van der Waals surface area contributed by atoms with Crippen LogP contribution >= 0.6 is 11.8 Å². The molecule has 3 nitrogen and oxygen atoms in total. The van der Waals surface area contributed by atoms with Gasteiger partial charge in [0.1, 0.15) is 22.7 Å². The Balaban J connectivity index is 0.948. The van der Waals surface area contributed by atoms with Crippen molar-refractivity contribution in [3.8, 4) is 44.9 Å². The van der Waals surface area contributed by atoms with Gasteiger partial charge in [0.2, 0.25) is 0 Å². The Morgan fingerprint density at radius 1 is 0.333 bits per heavy atom. The summed E-state index contributed by atoms with van der Waals surface area (Å²) in [7, 11) is 0. The van der Waals surface area contributed by atoms with Gasteiger partial charge in [-0.2, -0.15) is 0 Å². The van der Waals surface area contributed by atoms with Crippen LogP contribution in [0.2, 0.25) is 0 Å². The molecular weight excluding hydrogens is 895 g/mol. The van der Waals surface area contributed by atoms with Gasteiger partial charge < -0.3 is 14.1 Å². The molecule has 0 saturated heterocycles. The second kappa shape index (κ2) is 14.8. The minimum Gasteiger partial charge on any atom is -0.457 e. The number of nitrogens with zero attached hydrogens (tertiary/aromatic N) is 1. The molecule has 4 aliphatic rings. The van der Waals surface area contributed by atoms with Gasteiger partial charge in [0.25, 0.3) is 0 Å². The van der Waals surface area contributed by atoms with E-state index in [1.807, 2.05) is 23.9 Å². The topological polar surface area (TPSA) is 25.6 Å². The predicted octanol–water partition coefficient (Wildman–Crippen LogP) is 18.0. The van der Waals surface area contributed by atoms with E-state index in [4.69, 9.17) is 9.15 Å². The number of anilines is 3. The molecule has 4 heteroatoms. The third-order valence-electron chi connectivity index (χ3n) is 16.0. The first kappa shape index (κ1) is 40.0. The lowest BCUT2D eigenvalue weighted by atomic mass is 9.66. The highest BCUT2D eigenvalue weighted by molar-refractivity contribution is 7.99. The largest absolute Gasteiger partial charge is 0.457 e. The molecule has 3 heterocycles. The van der Waals surface area contributed by atoms with E-state index in [1.165, 1.54) is 65.4 Å². The lowest BCUT2D eigenvalue weighted by Crippen LogP contribution is -2.32. The van der Waals surface area contributed by atoms with Crippen molar-refractivity contribution in [2.75, 3.05) is 4.90 Å². The molecule has 2 spiro atoms. The van der Waals surface area contributed by atoms with E-state index >= 15 is 0 Å². The molecule has 0 radical (unpaired) electrons. The van der Waals surface area contributed by atoms with Crippen LogP contribution in [0.5, 0.6) is 11.5 Å². The predicted molar refractivity (Wildman–Crippen MR) is 293 cm³/mol. The Morgan fingerprint density at radius 3 is 1.60 bits per heavy atom. The zero-order chi connectivity index (χ0) is 47.1. The van der Waals surface area contributed by atoms with Crippen molar-refractivity contribution < 1.29 is 9.15 Å². The first-order valence-corrected chi connectivity index (χ1v) is 25.5. The molecule has 0 saturated carbocycles. The van der Waals surface area contributed by atoms with E-state index in [0.29, 0.717) is 0 Å². The number of rotatable bonds is 4. The zero-order valence-electron chi connectivity index (χ0n) is 38.8. The summed E-state index contributed by atoms with van der Waals surface area (Å²) in [5.41, 5.74) is 21.3. The van der Waals surface area contributed by atoms with E-state index < -0.39 is 10.8 Å². The summed E-state index contributed by atoms with van der Waals surface area (Å²) in [6.07, 6.45) is 0. The average molecular weight is 936 g/mol. The molecule has 72 heavy (non-hydrogen) atoms. The minimum absolute atomic E-state index is 0.472. The number of para-hydroxylation sites is 3. The van der Waals surface area contributed by atoms with E-state index in [0.717, 1.165) is 72.8 Å². The van der Waals surface area contributed by atoms with Crippen LogP contribution in [-0.2, 0) is 10.8 Å². The Labute approximate surface area is 421 Å². The lowest BCUT2D eigenvalue weighted by Gasteiger charge is -2.40. The number of fused-ring (bicyclic) bond motifs is 21. The average Bonchev–Trinajstić information content (AvgIpc) is 4.07. The molecule has 11 aromatic carbocycles. The molecule has 0 amide bonds. The number of ether oxygens (including phenoxy) is 1. The van der Waals surface area contributed by atoms with Crippen LogP contribution in [0.4, 0.5) is 17.1 Å². The van der Waals surface area contributed by atoms with Crippen LogP contribution in [0, 0.1) is 0 Å². The van der Waals surface area contributed by atoms with Crippen LogP contribution in [0.25, 0.3) is 55.3 Å². The molecule has 336 valence electrons. The fraction of sp³-hybridized carbons (Fsp3) is 0.0294. The fourth-order valence-electron chi connectivity index (χ4n) is 13.2.